The van der Waals surface area contributed by atoms with Crippen molar-refractivity contribution in [3.8, 4) is 0 Å². The Bertz CT molecular complexity index is 636. The first-order valence-electron chi connectivity index (χ1n) is 8.93. The second-order valence-electron chi connectivity index (χ2n) is 7.29. The topological polar surface area (TPSA) is 73.8 Å². The van der Waals surface area contributed by atoms with E-state index >= 15 is 0 Å². The quantitative estimate of drug-likeness (QED) is 0.715. The first-order chi connectivity index (χ1) is 12.7. The Kier molecular flexibility index (Phi) is 5.92. The number of carbonyl (C=O) groups is 1. The predicted molar refractivity (Wildman–Crippen MR) is 92.4 cm³/mol. The molecule has 2 heterocycles. The van der Waals surface area contributed by atoms with E-state index in [1.54, 1.807) is 0 Å². The van der Waals surface area contributed by atoms with Gasteiger partial charge < -0.3 is 20.5 Å². The Hall–Kier alpha value is -1.84. The number of carbonyl (C=O) groups excluding carboxylic acids is 1. The zero-order valence-electron chi connectivity index (χ0n) is 14.8. The van der Waals surface area contributed by atoms with E-state index in [9.17, 15) is 23.1 Å². The molecule has 0 radical (unpaired) electrons. The smallest absolute Gasteiger partial charge is 0.386 e. The van der Waals surface area contributed by atoms with Gasteiger partial charge in [-0.05, 0) is 5.56 Å². The average Bonchev–Trinajstić information content (AvgIpc) is 3.19. The molecule has 3 N–H and O–H groups in total. The van der Waals surface area contributed by atoms with Crippen LogP contribution in [0.25, 0.3) is 0 Å². The standard InChI is InChI=1S/C18H24F3N3O3/c19-18(20,21)11-24-8-14(13-4-2-1-3-5-13)15(9-24)23-16(25)22-10-17(26)6-7-27-12-17/h1-5,14-15,26H,6-12H2,(H2,22,23,25)/t14-,15+,17?/m0/s1. The van der Waals surface area contributed by atoms with Crippen molar-refractivity contribution in [3.05, 3.63) is 35.9 Å². The van der Waals surface area contributed by atoms with Crippen molar-refractivity contribution < 1.29 is 27.8 Å². The van der Waals surface area contributed by atoms with Gasteiger partial charge in [-0.15, -0.1) is 0 Å². The third kappa shape index (κ3) is 5.57. The highest BCUT2D eigenvalue weighted by Gasteiger charge is 2.40. The van der Waals surface area contributed by atoms with E-state index in [1.165, 1.54) is 4.90 Å². The minimum Gasteiger partial charge on any atom is -0.386 e. The van der Waals surface area contributed by atoms with Crippen LogP contribution in [0.3, 0.4) is 0 Å². The average molecular weight is 387 g/mol. The number of aliphatic hydroxyl groups is 1. The van der Waals surface area contributed by atoms with E-state index in [0.29, 0.717) is 13.0 Å². The highest BCUT2D eigenvalue weighted by atomic mass is 19.4. The molecule has 1 unspecified atom stereocenters. The van der Waals surface area contributed by atoms with Gasteiger partial charge in [0.15, 0.2) is 0 Å². The van der Waals surface area contributed by atoms with E-state index in [4.69, 9.17) is 4.74 Å². The Morgan fingerprint density at radius 1 is 1.30 bits per heavy atom. The van der Waals surface area contributed by atoms with Crippen molar-refractivity contribution in [2.75, 3.05) is 39.4 Å². The number of urea groups is 1. The van der Waals surface area contributed by atoms with Crippen LogP contribution in [-0.2, 0) is 4.74 Å². The maximum absolute atomic E-state index is 12.8. The van der Waals surface area contributed by atoms with Crippen LogP contribution in [0.5, 0.6) is 0 Å². The molecule has 9 heteroatoms. The van der Waals surface area contributed by atoms with Crippen LogP contribution in [-0.4, -0.2) is 73.2 Å². The number of rotatable bonds is 5. The summed E-state index contributed by atoms with van der Waals surface area (Å²) in [6.07, 6.45) is -3.85. The Balaban J connectivity index is 1.62. The number of nitrogens with zero attached hydrogens (tertiary/aromatic N) is 1. The van der Waals surface area contributed by atoms with Crippen molar-refractivity contribution in [1.29, 1.82) is 0 Å². The number of hydrogen-bond donors (Lipinski definition) is 3. The summed E-state index contributed by atoms with van der Waals surface area (Å²) in [5.74, 6) is -0.239. The normalized spacial score (nSPS) is 29.0. The molecule has 3 atom stereocenters. The minimum atomic E-state index is -4.29. The number of amides is 2. The lowest BCUT2D eigenvalue weighted by Gasteiger charge is -2.24. The summed E-state index contributed by atoms with van der Waals surface area (Å²) in [5, 5.41) is 15.6. The second-order valence-corrected chi connectivity index (χ2v) is 7.29. The molecule has 2 saturated heterocycles. The molecule has 0 saturated carbocycles. The minimum absolute atomic E-state index is 0.0355. The van der Waals surface area contributed by atoms with Gasteiger partial charge in [-0.25, -0.2) is 4.79 Å². The van der Waals surface area contributed by atoms with E-state index in [0.717, 1.165) is 5.56 Å². The number of hydrogen-bond acceptors (Lipinski definition) is 4. The number of alkyl halides is 3. The molecule has 0 bridgehead atoms. The number of nitrogens with one attached hydrogen (secondary N) is 2. The lowest BCUT2D eigenvalue weighted by atomic mass is 9.94. The van der Waals surface area contributed by atoms with Crippen molar-refractivity contribution in [2.45, 2.75) is 30.2 Å². The summed E-state index contributed by atoms with van der Waals surface area (Å²) < 4.78 is 43.5. The van der Waals surface area contributed by atoms with Crippen LogP contribution in [0.1, 0.15) is 17.9 Å². The van der Waals surface area contributed by atoms with Crippen LogP contribution in [0.15, 0.2) is 30.3 Å². The van der Waals surface area contributed by atoms with Gasteiger partial charge in [-0.3, -0.25) is 4.90 Å². The highest BCUT2D eigenvalue weighted by Crippen LogP contribution is 2.30. The molecule has 2 aliphatic rings. The maximum atomic E-state index is 12.8. The molecule has 0 spiro atoms. The summed E-state index contributed by atoms with van der Waals surface area (Å²) in [7, 11) is 0. The largest absolute Gasteiger partial charge is 0.401 e. The van der Waals surface area contributed by atoms with Crippen LogP contribution >= 0.6 is 0 Å². The zero-order valence-corrected chi connectivity index (χ0v) is 14.8. The number of ether oxygens (including phenoxy) is 1. The third-order valence-corrected chi connectivity index (χ3v) is 5.00. The molecule has 0 aromatic heterocycles. The van der Waals surface area contributed by atoms with Gasteiger partial charge in [0.25, 0.3) is 0 Å². The molecule has 0 aliphatic carbocycles. The summed E-state index contributed by atoms with van der Waals surface area (Å²) in [5.41, 5.74) is -0.205. The van der Waals surface area contributed by atoms with Crippen molar-refractivity contribution >= 4 is 6.03 Å². The number of halogens is 3. The molecule has 27 heavy (non-hydrogen) atoms. The van der Waals surface area contributed by atoms with Crippen molar-refractivity contribution in [3.63, 3.8) is 0 Å². The van der Waals surface area contributed by atoms with E-state index in [1.807, 2.05) is 30.3 Å². The first kappa shape index (κ1) is 19.9. The Labute approximate surface area is 155 Å². The summed E-state index contributed by atoms with van der Waals surface area (Å²) in [6, 6.07) is 8.24. The van der Waals surface area contributed by atoms with E-state index in [2.05, 4.69) is 10.6 Å². The van der Waals surface area contributed by atoms with Gasteiger partial charge in [0.2, 0.25) is 0 Å². The van der Waals surface area contributed by atoms with Crippen LogP contribution in [0, 0.1) is 0 Å². The predicted octanol–water partition coefficient (Wildman–Crippen LogP) is 1.47. The Morgan fingerprint density at radius 3 is 2.67 bits per heavy atom. The molecule has 3 rings (SSSR count). The molecular formula is C18H24F3N3O3. The first-order valence-corrected chi connectivity index (χ1v) is 8.93. The Morgan fingerprint density at radius 2 is 2.04 bits per heavy atom. The van der Waals surface area contributed by atoms with E-state index < -0.39 is 30.4 Å². The van der Waals surface area contributed by atoms with Crippen LogP contribution in [0.4, 0.5) is 18.0 Å². The molecule has 1 aromatic carbocycles. The van der Waals surface area contributed by atoms with Crippen molar-refractivity contribution in [2.24, 2.45) is 0 Å². The van der Waals surface area contributed by atoms with E-state index in [-0.39, 0.29) is 32.2 Å². The number of likely N-dealkylation sites (tertiary alicyclic amines) is 1. The SMILES string of the molecule is O=C(NCC1(O)CCOC1)N[C@@H]1CN(CC(F)(F)F)C[C@H]1c1ccccc1. The number of benzene rings is 1. The third-order valence-electron chi connectivity index (χ3n) is 5.00. The van der Waals surface area contributed by atoms with Gasteiger partial charge in [-0.1, -0.05) is 30.3 Å². The lowest BCUT2D eigenvalue weighted by molar-refractivity contribution is -0.143. The molecule has 150 valence electrons. The van der Waals surface area contributed by atoms with Crippen LogP contribution in [0.2, 0.25) is 0 Å². The molecule has 2 fully saturated rings. The van der Waals surface area contributed by atoms with Gasteiger partial charge in [0.1, 0.15) is 5.60 Å². The van der Waals surface area contributed by atoms with Gasteiger partial charge in [-0.2, -0.15) is 13.2 Å². The second kappa shape index (κ2) is 8.04. The highest BCUT2D eigenvalue weighted by molar-refractivity contribution is 5.74. The fourth-order valence-electron chi connectivity index (χ4n) is 3.65. The van der Waals surface area contributed by atoms with Gasteiger partial charge in [0.05, 0.1) is 25.7 Å². The summed E-state index contributed by atoms with van der Waals surface area (Å²) >= 11 is 0. The van der Waals surface area contributed by atoms with Crippen LogP contribution < -0.4 is 10.6 Å². The zero-order chi connectivity index (χ0) is 19.5. The monoisotopic (exact) mass is 387 g/mol. The lowest BCUT2D eigenvalue weighted by Crippen LogP contribution is -2.50. The molecule has 6 nitrogen and oxygen atoms in total. The van der Waals surface area contributed by atoms with Gasteiger partial charge >= 0.3 is 12.2 Å². The van der Waals surface area contributed by atoms with Gasteiger partial charge in [0, 0.05) is 32.0 Å². The fourth-order valence-corrected chi connectivity index (χ4v) is 3.65. The molecular weight excluding hydrogens is 363 g/mol. The summed E-state index contributed by atoms with van der Waals surface area (Å²) in [6.45, 7) is -0.0548. The molecule has 2 amide bonds. The molecule has 2 aliphatic heterocycles. The maximum Gasteiger partial charge on any atom is 0.401 e. The molecule has 1 aromatic rings. The summed E-state index contributed by atoms with van der Waals surface area (Å²) in [4.78, 5) is 13.6. The van der Waals surface area contributed by atoms with Crippen molar-refractivity contribution in [1.82, 2.24) is 15.5 Å². The fraction of sp³-hybridized carbons (Fsp3) is 0.611.